The standard InChI is InChI=1S/C13H19NO4S/c1-9-7-10(2)13(11(3)8-9)19(16,17)14-6-5-12(15)18-4/h7-8,14H,5-6H2,1-4H3. The average Bonchev–Trinajstić information content (AvgIpc) is 2.26. The summed E-state index contributed by atoms with van der Waals surface area (Å²) in [5.41, 5.74) is 2.41. The van der Waals surface area contributed by atoms with Crippen LogP contribution in [-0.4, -0.2) is 28.0 Å². The zero-order valence-corrected chi connectivity index (χ0v) is 12.4. The molecule has 0 bridgehead atoms. The summed E-state index contributed by atoms with van der Waals surface area (Å²) in [6.45, 7) is 5.46. The van der Waals surface area contributed by atoms with Gasteiger partial charge in [0, 0.05) is 6.54 Å². The van der Waals surface area contributed by atoms with Crippen LogP contribution in [0.3, 0.4) is 0 Å². The van der Waals surface area contributed by atoms with Gasteiger partial charge >= 0.3 is 5.97 Å². The molecule has 0 heterocycles. The fourth-order valence-electron chi connectivity index (χ4n) is 2.05. The number of carbonyl (C=O) groups is 1. The number of benzene rings is 1. The van der Waals surface area contributed by atoms with Crippen LogP contribution >= 0.6 is 0 Å². The SMILES string of the molecule is COC(=O)CCNS(=O)(=O)c1c(C)cc(C)cc1C. The number of aryl methyl sites for hydroxylation is 3. The van der Waals surface area contributed by atoms with Gasteiger partial charge in [-0.15, -0.1) is 0 Å². The minimum atomic E-state index is -3.60. The molecule has 0 radical (unpaired) electrons. The van der Waals surface area contributed by atoms with E-state index in [0.29, 0.717) is 11.1 Å². The second kappa shape index (κ2) is 6.16. The minimum Gasteiger partial charge on any atom is -0.469 e. The molecule has 5 nitrogen and oxygen atoms in total. The lowest BCUT2D eigenvalue weighted by Gasteiger charge is -2.12. The monoisotopic (exact) mass is 285 g/mol. The van der Waals surface area contributed by atoms with E-state index < -0.39 is 16.0 Å². The van der Waals surface area contributed by atoms with Gasteiger partial charge in [-0.05, 0) is 31.9 Å². The molecule has 0 aromatic heterocycles. The molecule has 0 saturated heterocycles. The average molecular weight is 285 g/mol. The first-order valence-electron chi connectivity index (χ1n) is 5.92. The lowest BCUT2D eigenvalue weighted by molar-refractivity contribution is -0.140. The Labute approximate surface area is 114 Å². The Morgan fingerprint density at radius 1 is 1.21 bits per heavy atom. The van der Waals surface area contributed by atoms with E-state index >= 15 is 0 Å². The van der Waals surface area contributed by atoms with Crippen molar-refractivity contribution in [1.29, 1.82) is 0 Å². The van der Waals surface area contributed by atoms with Gasteiger partial charge in [0.05, 0.1) is 18.4 Å². The summed E-state index contributed by atoms with van der Waals surface area (Å²) in [5, 5.41) is 0. The Hall–Kier alpha value is -1.40. The Kier molecular flexibility index (Phi) is 5.08. The third-order valence-electron chi connectivity index (χ3n) is 2.72. The molecule has 0 fully saturated rings. The van der Waals surface area contributed by atoms with Gasteiger partial charge in [-0.25, -0.2) is 13.1 Å². The summed E-state index contributed by atoms with van der Waals surface area (Å²) in [6, 6.07) is 3.64. The van der Waals surface area contributed by atoms with Gasteiger partial charge in [-0.3, -0.25) is 4.79 Å². The fraction of sp³-hybridized carbons (Fsp3) is 0.462. The third-order valence-corrected chi connectivity index (χ3v) is 4.49. The van der Waals surface area contributed by atoms with Crippen molar-refractivity contribution in [2.45, 2.75) is 32.1 Å². The zero-order valence-electron chi connectivity index (χ0n) is 11.6. The van der Waals surface area contributed by atoms with Crippen LogP contribution in [0.5, 0.6) is 0 Å². The number of ether oxygens (including phenoxy) is 1. The molecule has 0 unspecified atom stereocenters. The number of carbonyl (C=O) groups excluding carboxylic acids is 1. The molecule has 106 valence electrons. The molecule has 0 aliphatic carbocycles. The van der Waals surface area contributed by atoms with Crippen LogP contribution in [0.25, 0.3) is 0 Å². The van der Waals surface area contributed by atoms with Crippen molar-refractivity contribution in [3.05, 3.63) is 28.8 Å². The summed E-state index contributed by atoms with van der Waals surface area (Å²) in [4.78, 5) is 11.2. The van der Waals surface area contributed by atoms with Gasteiger partial charge in [0.2, 0.25) is 10.0 Å². The summed E-state index contributed by atoms with van der Waals surface area (Å²) < 4.78 is 31.3. The molecular weight excluding hydrogens is 266 g/mol. The topological polar surface area (TPSA) is 72.5 Å². The molecule has 6 heteroatoms. The normalized spacial score (nSPS) is 11.4. The van der Waals surface area contributed by atoms with Crippen LogP contribution in [0.1, 0.15) is 23.1 Å². The maximum Gasteiger partial charge on any atom is 0.306 e. The molecule has 1 rings (SSSR count). The van der Waals surface area contributed by atoms with Crippen molar-refractivity contribution < 1.29 is 17.9 Å². The molecule has 19 heavy (non-hydrogen) atoms. The van der Waals surface area contributed by atoms with Gasteiger partial charge < -0.3 is 4.74 Å². The molecule has 0 saturated carbocycles. The quantitative estimate of drug-likeness (QED) is 0.831. The predicted molar refractivity (Wildman–Crippen MR) is 72.5 cm³/mol. The highest BCUT2D eigenvalue weighted by Crippen LogP contribution is 2.21. The molecule has 1 aromatic rings. The van der Waals surface area contributed by atoms with E-state index in [1.54, 1.807) is 13.8 Å². The van der Waals surface area contributed by atoms with E-state index in [9.17, 15) is 13.2 Å². The van der Waals surface area contributed by atoms with Gasteiger partial charge in [0.25, 0.3) is 0 Å². The second-order valence-corrected chi connectivity index (χ2v) is 6.16. The van der Waals surface area contributed by atoms with Crippen molar-refractivity contribution in [2.75, 3.05) is 13.7 Å². The van der Waals surface area contributed by atoms with Gasteiger partial charge in [-0.1, -0.05) is 17.7 Å². The Bertz CT molecular complexity index is 555. The number of sulfonamides is 1. The summed E-state index contributed by atoms with van der Waals surface area (Å²) in [6.07, 6.45) is 0.0136. The number of hydrogen-bond acceptors (Lipinski definition) is 4. The smallest absolute Gasteiger partial charge is 0.306 e. The summed E-state index contributed by atoms with van der Waals surface area (Å²) >= 11 is 0. The van der Waals surface area contributed by atoms with Crippen LogP contribution in [0.2, 0.25) is 0 Å². The number of esters is 1. The van der Waals surface area contributed by atoms with E-state index in [4.69, 9.17) is 0 Å². The van der Waals surface area contributed by atoms with E-state index in [1.807, 2.05) is 19.1 Å². The van der Waals surface area contributed by atoms with Crippen molar-refractivity contribution >= 4 is 16.0 Å². The molecule has 0 atom stereocenters. The van der Waals surface area contributed by atoms with Gasteiger partial charge in [-0.2, -0.15) is 0 Å². The first-order chi connectivity index (χ1) is 8.77. The lowest BCUT2D eigenvalue weighted by Crippen LogP contribution is -2.27. The lowest BCUT2D eigenvalue weighted by atomic mass is 10.1. The van der Waals surface area contributed by atoms with Crippen LogP contribution in [0.4, 0.5) is 0 Å². The van der Waals surface area contributed by atoms with Crippen LogP contribution in [0, 0.1) is 20.8 Å². The van der Waals surface area contributed by atoms with E-state index in [1.165, 1.54) is 7.11 Å². The van der Waals surface area contributed by atoms with Crippen LogP contribution in [0.15, 0.2) is 17.0 Å². The molecule has 0 spiro atoms. The maximum atomic E-state index is 12.2. The van der Waals surface area contributed by atoms with Crippen molar-refractivity contribution in [1.82, 2.24) is 4.72 Å². The fourth-order valence-corrected chi connectivity index (χ4v) is 3.53. The molecule has 0 amide bonds. The highest BCUT2D eigenvalue weighted by Gasteiger charge is 2.19. The molecule has 1 N–H and O–H groups in total. The third kappa shape index (κ3) is 4.04. The first kappa shape index (κ1) is 15.7. The van der Waals surface area contributed by atoms with Crippen molar-refractivity contribution in [3.63, 3.8) is 0 Å². The van der Waals surface area contributed by atoms with Crippen molar-refractivity contribution in [2.24, 2.45) is 0 Å². The van der Waals surface area contributed by atoms with Gasteiger partial charge in [0.1, 0.15) is 0 Å². The molecular formula is C13H19NO4S. The molecule has 0 aliphatic rings. The Morgan fingerprint density at radius 3 is 2.21 bits per heavy atom. The summed E-state index contributed by atoms with van der Waals surface area (Å²) in [5.74, 6) is -0.444. The highest BCUT2D eigenvalue weighted by molar-refractivity contribution is 7.89. The molecule has 1 aromatic carbocycles. The zero-order chi connectivity index (χ0) is 14.6. The number of methoxy groups -OCH3 is 1. The second-order valence-electron chi connectivity index (χ2n) is 4.45. The molecule has 0 aliphatic heterocycles. The highest BCUT2D eigenvalue weighted by atomic mass is 32.2. The summed E-state index contributed by atoms with van der Waals surface area (Å²) in [7, 11) is -2.33. The number of rotatable bonds is 5. The number of hydrogen-bond donors (Lipinski definition) is 1. The van der Waals surface area contributed by atoms with Crippen LogP contribution in [-0.2, 0) is 19.6 Å². The Morgan fingerprint density at radius 2 is 1.74 bits per heavy atom. The van der Waals surface area contributed by atoms with Gasteiger partial charge in [0.15, 0.2) is 0 Å². The number of nitrogens with one attached hydrogen (secondary N) is 1. The van der Waals surface area contributed by atoms with E-state index in [2.05, 4.69) is 9.46 Å². The maximum absolute atomic E-state index is 12.2. The Balaban J connectivity index is 2.92. The van der Waals surface area contributed by atoms with Crippen molar-refractivity contribution in [3.8, 4) is 0 Å². The predicted octanol–water partition coefficient (Wildman–Crippen LogP) is 1.45. The van der Waals surface area contributed by atoms with E-state index in [-0.39, 0.29) is 17.9 Å². The largest absolute Gasteiger partial charge is 0.469 e. The van der Waals surface area contributed by atoms with E-state index in [0.717, 1.165) is 5.56 Å². The first-order valence-corrected chi connectivity index (χ1v) is 7.40. The minimum absolute atomic E-state index is 0.0136. The van der Waals surface area contributed by atoms with Crippen LogP contribution < -0.4 is 4.72 Å².